The van der Waals surface area contributed by atoms with Crippen molar-refractivity contribution in [1.82, 2.24) is 9.78 Å². The third-order valence-electron chi connectivity index (χ3n) is 4.63. The molecular weight excluding hydrogens is 385 g/mol. The number of hydrogen-bond acceptors (Lipinski definition) is 4. The maximum atomic E-state index is 13.3. The Morgan fingerprint density at radius 1 is 1.03 bits per heavy atom. The molecule has 0 spiro atoms. The summed E-state index contributed by atoms with van der Waals surface area (Å²) >= 11 is 0. The van der Waals surface area contributed by atoms with Crippen LogP contribution in [0.4, 0.5) is 10.2 Å². The Morgan fingerprint density at radius 3 is 2.30 bits per heavy atom. The fraction of sp³-hybridized carbons (Fsp3) is 0.304. The van der Waals surface area contributed by atoms with E-state index in [1.807, 2.05) is 32.9 Å². The van der Waals surface area contributed by atoms with Gasteiger partial charge in [0.1, 0.15) is 11.6 Å². The molecule has 1 N–H and O–H groups in total. The van der Waals surface area contributed by atoms with Crippen molar-refractivity contribution in [3.63, 3.8) is 0 Å². The Balaban J connectivity index is 1.87. The van der Waals surface area contributed by atoms with Crippen LogP contribution in [0.5, 0.6) is 11.5 Å². The number of halogens is 1. The van der Waals surface area contributed by atoms with Crippen molar-refractivity contribution >= 4 is 11.7 Å². The molecule has 0 unspecified atom stereocenters. The number of nitrogens with zero attached hydrogens (tertiary/aromatic N) is 2. The number of nitrogens with one attached hydrogen (secondary N) is 1. The maximum absolute atomic E-state index is 13.3. The number of ether oxygens (including phenoxy) is 2. The summed E-state index contributed by atoms with van der Waals surface area (Å²) in [5.41, 5.74) is 2.05. The van der Waals surface area contributed by atoms with Crippen LogP contribution in [0.3, 0.4) is 0 Å². The van der Waals surface area contributed by atoms with Crippen molar-refractivity contribution in [3.8, 4) is 17.2 Å². The number of methoxy groups -OCH3 is 2. The number of anilines is 1. The third-order valence-corrected chi connectivity index (χ3v) is 4.63. The first kappa shape index (κ1) is 21.4. The largest absolute Gasteiger partial charge is 0.493 e. The molecule has 0 aliphatic heterocycles. The van der Waals surface area contributed by atoms with E-state index in [1.54, 1.807) is 43.2 Å². The van der Waals surface area contributed by atoms with Gasteiger partial charge in [-0.05, 0) is 42.0 Å². The molecule has 158 valence electrons. The Morgan fingerprint density at radius 2 is 1.70 bits per heavy atom. The van der Waals surface area contributed by atoms with Crippen molar-refractivity contribution < 1.29 is 18.7 Å². The van der Waals surface area contributed by atoms with Gasteiger partial charge in [0.15, 0.2) is 11.5 Å². The molecule has 0 saturated heterocycles. The quantitative estimate of drug-likeness (QED) is 0.648. The van der Waals surface area contributed by atoms with Gasteiger partial charge in [-0.2, -0.15) is 5.10 Å². The Labute approximate surface area is 175 Å². The van der Waals surface area contributed by atoms with Crippen molar-refractivity contribution in [2.24, 2.45) is 0 Å². The van der Waals surface area contributed by atoms with Crippen LogP contribution in [-0.2, 0) is 16.6 Å². The monoisotopic (exact) mass is 411 g/mol. The number of aromatic nitrogens is 2. The van der Waals surface area contributed by atoms with Gasteiger partial charge in [-0.25, -0.2) is 9.07 Å². The topological polar surface area (TPSA) is 65.4 Å². The molecule has 1 aromatic heterocycles. The van der Waals surface area contributed by atoms with Crippen LogP contribution in [0, 0.1) is 5.82 Å². The lowest BCUT2D eigenvalue weighted by Crippen LogP contribution is -2.17. The average molecular weight is 411 g/mol. The number of hydrogen-bond donors (Lipinski definition) is 1. The highest BCUT2D eigenvalue weighted by molar-refractivity contribution is 5.92. The summed E-state index contributed by atoms with van der Waals surface area (Å²) in [5, 5.41) is 7.56. The van der Waals surface area contributed by atoms with Gasteiger partial charge in [-0.3, -0.25) is 4.79 Å². The first-order chi connectivity index (χ1) is 14.2. The van der Waals surface area contributed by atoms with E-state index in [0.717, 1.165) is 11.3 Å². The second-order valence-corrected chi connectivity index (χ2v) is 7.97. The zero-order chi connectivity index (χ0) is 21.9. The summed E-state index contributed by atoms with van der Waals surface area (Å²) in [4.78, 5) is 12.7. The predicted octanol–water partition coefficient (Wildman–Crippen LogP) is 4.51. The van der Waals surface area contributed by atoms with Crippen LogP contribution < -0.4 is 14.8 Å². The van der Waals surface area contributed by atoms with Gasteiger partial charge in [0.25, 0.3) is 0 Å². The highest BCUT2D eigenvalue weighted by atomic mass is 19.1. The normalized spacial score (nSPS) is 11.3. The molecule has 1 amide bonds. The van der Waals surface area contributed by atoms with Gasteiger partial charge in [0, 0.05) is 11.5 Å². The van der Waals surface area contributed by atoms with E-state index in [0.29, 0.717) is 23.0 Å². The van der Waals surface area contributed by atoms with Crippen LogP contribution in [-0.4, -0.2) is 29.9 Å². The van der Waals surface area contributed by atoms with Crippen molar-refractivity contribution in [2.45, 2.75) is 32.6 Å². The second-order valence-electron chi connectivity index (χ2n) is 7.97. The zero-order valence-corrected chi connectivity index (χ0v) is 17.8. The minimum atomic E-state index is -0.332. The summed E-state index contributed by atoms with van der Waals surface area (Å²) in [6.45, 7) is 6.12. The van der Waals surface area contributed by atoms with Crippen LogP contribution in [0.1, 0.15) is 32.0 Å². The fourth-order valence-corrected chi connectivity index (χ4v) is 2.98. The van der Waals surface area contributed by atoms with Gasteiger partial charge in [0.05, 0.1) is 32.0 Å². The molecule has 1 heterocycles. The summed E-state index contributed by atoms with van der Waals surface area (Å²) in [6, 6.07) is 13.2. The minimum absolute atomic E-state index is 0.153. The molecule has 0 bridgehead atoms. The van der Waals surface area contributed by atoms with E-state index in [2.05, 4.69) is 10.4 Å². The Bertz CT molecular complexity index is 1040. The van der Waals surface area contributed by atoms with Gasteiger partial charge in [0.2, 0.25) is 5.91 Å². The fourth-order valence-electron chi connectivity index (χ4n) is 2.98. The van der Waals surface area contributed by atoms with Crippen LogP contribution in [0.2, 0.25) is 0 Å². The maximum Gasteiger partial charge on any atom is 0.229 e. The number of amides is 1. The smallest absolute Gasteiger partial charge is 0.229 e. The Hall–Kier alpha value is -3.35. The summed E-state index contributed by atoms with van der Waals surface area (Å²) < 4.78 is 25.5. The number of carbonyl (C=O) groups is 1. The molecule has 7 heteroatoms. The van der Waals surface area contributed by atoms with Crippen molar-refractivity contribution in [2.75, 3.05) is 19.5 Å². The van der Waals surface area contributed by atoms with Gasteiger partial charge < -0.3 is 14.8 Å². The molecule has 6 nitrogen and oxygen atoms in total. The molecule has 3 rings (SSSR count). The highest BCUT2D eigenvalue weighted by Gasteiger charge is 2.21. The van der Waals surface area contributed by atoms with Gasteiger partial charge in [-0.1, -0.05) is 26.8 Å². The Kier molecular flexibility index (Phi) is 6.10. The summed E-state index contributed by atoms with van der Waals surface area (Å²) in [5.74, 6) is 1.16. The summed E-state index contributed by atoms with van der Waals surface area (Å²) in [6.07, 6.45) is 0.153. The molecule has 0 radical (unpaired) electrons. The number of rotatable bonds is 6. The SMILES string of the molecule is COc1ccc(CC(=O)Nc2cc(C(C)(C)C)nn2-c2ccc(F)cc2)cc1OC. The first-order valence-electron chi connectivity index (χ1n) is 9.58. The zero-order valence-electron chi connectivity index (χ0n) is 17.8. The van der Waals surface area contributed by atoms with Crippen LogP contribution in [0.15, 0.2) is 48.5 Å². The van der Waals surface area contributed by atoms with E-state index in [9.17, 15) is 9.18 Å². The highest BCUT2D eigenvalue weighted by Crippen LogP contribution is 2.29. The number of carbonyl (C=O) groups excluding carboxylic acids is 1. The van der Waals surface area contributed by atoms with Crippen molar-refractivity contribution in [3.05, 3.63) is 65.6 Å². The standard InChI is InChI=1S/C23H26FN3O3/c1-23(2,3)20-14-21(27(26-20)17-9-7-16(24)8-10-17)25-22(28)13-15-6-11-18(29-4)19(12-15)30-5/h6-12,14H,13H2,1-5H3,(H,25,28). The molecule has 0 saturated carbocycles. The molecule has 2 aromatic carbocycles. The third kappa shape index (κ3) is 4.79. The minimum Gasteiger partial charge on any atom is -0.493 e. The summed E-state index contributed by atoms with van der Waals surface area (Å²) in [7, 11) is 3.12. The molecule has 0 aliphatic carbocycles. The van der Waals surface area contributed by atoms with Gasteiger partial charge >= 0.3 is 0 Å². The molecule has 3 aromatic rings. The van der Waals surface area contributed by atoms with E-state index in [4.69, 9.17) is 9.47 Å². The van der Waals surface area contributed by atoms with Crippen LogP contribution in [0.25, 0.3) is 5.69 Å². The molecule has 0 atom stereocenters. The van der Waals surface area contributed by atoms with E-state index in [-0.39, 0.29) is 23.6 Å². The van der Waals surface area contributed by atoms with Gasteiger partial charge in [-0.15, -0.1) is 0 Å². The second kappa shape index (κ2) is 8.57. The average Bonchev–Trinajstić information content (AvgIpc) is 3.12. The molecule has 0 fully saturated rings. The molecule has 30 heavy (non-hydrogen) atoms. The lowest BCUT2D eigenvalue weighted by atomic mass is 9.92. The molecule has 0 aliphatic rings. The predicted molar refractivity (Wildman–Crippen MR) is 114 cm³/mol. The van der Waals surface area contributed by atoms with E-state index < -0.39 is 0 Å². The lowest BCUT2D eigenvalue weighted by molar-refractivity contribution is -0.115. The van der Waals surface area contributed by atoms with Crippen LogP contribution >= 0.6 is 0 Å². The first-order valence-corrected chi connectivity index (χ1v) is 9.58. The molecular formula is C23H26FN3O3. The number of benzene rings is 2. The van der Waals surface area contributed by atoms with Crippen molar-refractivity contribution in [1.29, 1.82) is 0 Å². The van der Waals surface area contributed by atoms with E-state index in [1.165, 1.54) is 12.1 Å². The lowest BCUT2D eigenvalue weighted by Gasteiger charge is -2.14. The van der Waals surface area contributed by atoms with E-state index >= 15 is 0 Å².